The summed E-state index contributed by atoms with van der Waals surface area (Å²) in [6.07, 6.45) is -2.70. The zero-order valence-electron chi connectivity index (χ0n) is 12.2. The van der Waals surface area contributed by atoms with Crippen LogP contribution in [0, 0.1) is 0 Å². The van der Waals surface area contributed by atoms with Crippen molar-refractivity contribution in [1.29, 1.82) is 0 Å². The Bertz CT molecular complexity index is 436. The standard InChI is InChI=1S/C11H21NO8S/c1-8(2)9(19-7-18-6-5-16-3)10(11(13)17-4)20-21(12,14)15/h9-10H,1,5-7H2,2-4H3,(H2,12,14,15)/t9-,10+/m1/s1. The summed E-state index contributed by atoms with van der Waals surface area (Å²) in [4.78, 5) is 11.6. The van der Waals surface area contributed by atoms with Crippen LogP contribution in [0.15, 0.2) is 12.2 Å². The van der Waals surface area contributed by atoms with Crippen LogP contribution in [0.5, 0.6) is 0 Å². The maximum atomic E-state index is 11.6. The molecule has 0 aromatic rings. The Kier molecular flexibility index (Phi) is 9.33. The first-order valence-electron chi connectivity index (χ1n) is 5.85. The number of carbonyl (C=O) groups is 1. The smallest absolute Gasteiger partial charge is 0.339 e. The van der Waals surface area contributed by atoms with Crippen molar-refractivity contribution < 1.29 is 36.3 Å². The summed E-state index contributed by atoms with van der Waals surface area (Å²) in [5.74, 6) is -0.964. The normalized spacial score (nSPS) is 14.5. The van der Waals surface area contributed by atoms with Gasteiger partial charge in [-0.3, -0.25) is 0 Å². The minimum absolute atomic E-state index is 0.220. The highest BCUT2D eigenvalue weighted by molar-refractivity contribution is 7.84. The molecule has 21 heavy (non-hydrogen) atoms. The van der Waals surface area contributed by atoms with E-state index in [4.69, 9.17) is 19.3 Å². The molecule has 0 radical (unpaired) electrons. The van der Waals surface area contributed by atoms with Crippen molar-refractivity contribution >= 4 is 16.3 Å². The third-order valence-electron chi connectivity index (χ3n) is 2.19. The van der Waals surface area contributed by atoms with Gasteiger partial charge in [0.2, 0.25) is 6.10 Å². The molecule has 0 aromatic heterocycles. The molecule has 0 rings (SSSR count). The number of hydrogen-bond donors (Lipinski definition) is 1. The molecule has 2 atom stereocenters. The maximum Gasteiger partial charge on any atom is 0.339 e. The van der Waals surface area contributed by atoms with Gasteiger partial charge >= 0.3 is 16.3 Å². The predicted molar refractivity (Wildman–Crippen MR) is 72.4 cm³/mol. The molecule has 0 amide bonds. The van der Waals surface area contributed by atoms with Crippen molar-refractivity contribution in [2.75, 3.05) is 34.2 Å². The van der Waals surface area contributed by atoms with Crippen molar-refractivity contribution in [3.05, 3.63) is 12.2 Å². The average Bonchev–Trinajstić information content (AvgIpc) is 2.38. The van der Waals surface area contributed by atoms with Crippen LogP contribution in [0.25, 0.3) is 0 Å². The molecular weight excluding hydrogens is 306 g/mol. The summed E-state index contributed by atoms with van der Waals surface area (Å²) in [7, 11) is -1.80. The predicted octanol–water partition coefficient (Wildman–Crippen LogP) is -0.670. The highest BCUT2D eigenvalue weighted by Crippen LogP contribution is 2.15. The van der Waals surface area contributed by atoms with Gasteiger partial charge in [0.25, 0.3) is 0 Å². The average molecular weight is 327 g/mol. The van der Waals surface area contributed by atoms with Crippen LogP contribution in [0.4, 0.5) is 0 Å². The molecule has 10 heteroatoms. The Morgan fingerprint density at radius 1 is 1.24 bits per heavy atom. The van der Waals surface area contributed by atoms with Gasteiger partial charge in [0, 0.05) is 7.11 Å². The lowest BCUT2D eigenvalue weighted by Gasteiger charge is -2.24. The summed E-state index contributed by atoms with van der Waals surface area (Å²) in [5, 5.41) is 4.77. The van der Waals surface area contributed by atoms with Crippen molar-refractivity contribution in [2.24, 2.45) is 5.14 Å². The van der Waals surface area contributed by atoms with Crippen LogP contribution >= 0.6 is 0 Å². The lowest BCUT2D eigenvalue weighted by molar-refractivity contribution is -0.161. The molecule has 0 unspecified atom stereocenters. The number of ether oxygens (including phenoxy) is 4. The van der Waals surface area contributed by atoms with Crippen molar-refractivity contribution in [3.63, 3.8) is 0 Å². The van der Waals surface area contributed by atoms with Crippen LogP contribution in [-0.4, -0.2) is 60.8 Å². The van der Waals surface area contributed by atoms with E-state index in [0.717, 1.165) is 7.11 Å². The largest absolute Gasteiger partial charge is 0.467 e. The molecule has 0 aliphatic heterocycles. The number of rotatable bonds is 11. The molecule has 0 saturated heterocycles. The van der Waals surface area contributed by atoms with Crippen LogP contribution in [0.1, 0.15) is 6.92 Å². The van der Waals surface area contributed by atoms with E-state index < -0.39 is 28.5 Å². The first-order chi connectivity index (χ1) is 9.72. The maximum absolute atomic E-state index is 11.6. The second-order valence-electron chi connectivity index (χ2n) is 3.99. The lowest BCUT2D eigenvalue weighted by Crippen LogP contribution is -2.43. The summed E-state index contributed by atoms with van der Waals surface area (Å²) in [6.45, 7) is 5.54. The topological polar surface area (TPSA) is 123 Å². The molecule has 124 valence electrons. The number of hydrogen-bond acceptors (Lipinski definition) is 8. The molecule has 0 spiro atoms. The summed E-state index contributed by atoms with van der Waals surface area (Å²) in [5.41, 5.74) is 0.337. The van der Waals surface area contributed by atoms with E-state index in [1.165, 1.54) is 14.0 Å². The SMILES string of the molecule is C=C(C)[C@@H](OCOCCOC)[C@H](OS(N)(=O)=O)C(=O)OC. The first kappa shape index (κ1) is 20.0. The number of esters is 1. The van der Waals surface area contributed by atoms with Gasteiger partial charge < -0.3 is 18.9 Å². The van der Waals surface area contributed by atoms with E-state index in [-0.39, 0.29) is 13.4 Å². The third kappa shape index (κ3) is 8.75. The molecule has 0 aliphatic rings. The molecule has 0 bridgehead atoms. The summed E-state index contributed by atoms with van der Waals surface area (Å²) < 4.78 is 46.1. The third-order valence-corrected chi connectivity index (χ3v) is 2.67. The number of methoxy groups -OCH3 is 2. The van der Waals surface area contributed by atoms with E-state index >= 15 is 0 Å². The number of nitrogens with two attached hydrogens (primary N) is 1. The van der Waals surface area contributed by atoms with Crippen LogP contribution in [0.2, 0.25) is 0 Å². The van der Waals surface area contributed by atoms with Gasteiger partial charge in [0.1, 0.15) is 12.9 Å². The molecule has 0 heterocycles. The summed E-state index contributed by atoms with van der Waals surface area (Å²) >= 11 is 0. The molecule has 0 saturated carbocycles. The van der Waals surface area contributed by atoms with Crippen molar-refractivity contribution in [1.82, 2.24) is 0 Å². The van der Waals surface area contributed by atoms with Gasteiger partial charge in [0.15, 0.2) is 0 Å². The van der Waals surface area contributed by atoms with Gasteiger partial charge in [-0.25, -0.2) is 14.1 Å². The Balaban J connectivity index is 4.82. The van der Waals surface area contributed by atoms with Gasteiger partial charge in [0.05, 0.1) is 20.3 Å². The molecule has 9 nitrogen and oxygen atoms in total. The molecule has 0 aliphatic carbocycles. The van der Waals surface area contributed by atoms with Crippen LogP contribution < -0.4 is 5.14 Å². The second kappa shape index (κ2) is 9.82. The fourth-order valence-electron chi connectivity index (χ4n) is 1.28. The second-order valence-corrected chi connectivity index (χ2v) is 5.16. The van der Waals surface area contributed by atoms with Crippen molar-refractivity contribution in [3.8, 4) is 0 Å². The van der Waals surface area contributed by atoms with Gasteiger partial charge in [-0.1, -0.05) is 6.58 Å². The minimum Gasteiger partial charge on any atom is -0.467 e. The van der Waals surface area contributed by atoms with Crippen LogP contribution in [-0.2, 0) is 38.2 Å². The molecule has 0 fully saturated rings. The molecular formula is C11H21NO8S. The fourth-order valence-corrected chi connectivity index (χ4v) is 1.75. The van der Waals surface area contributed by atoms with Gasteiger partial charge in [-0.05, 0) is 12.5 Å². The van der Waals surface area contributed by atoms with E-state index in [9.17, 15) is 13.2 Å². The Morgan fingerprint density at radius 3 is 2.29 bits per heavy atom. The summed E-state index contributed by atoms with van der Waals surface area (Å²) in [6, 6.07) is 0. The number of carbonyl (C=O) groups excluding carboxylic acids is 1. The van der Waals surface area contributed by atoms with E-state index in [0.29, 0.717) is 12.2 Å². The highest BCUT2D eigenvalue weighted by atomic mass is 32.2. The van der Waals surface area contributed by atoms with Crippen molar-refractivity contribution in [2.45, 2.75) is 19.1 Å². The van der Waals surface area contributed by atoms with Crippen LogP contribution in [0.3, 0.4) is 0 Å². The first-order valence-corrected chi connectivity index (χ1v) is 7.32. The van der Waals surface area contributed by atoms with E-state index in [2.05, 4.69) is 15.5 Å². The van der Waals surface area contributed by atoms with E-state index in [1.54, 1.807) is 0 Å². The molecule has 0 aromatic carbocycles. The Hall–Kier alpha value is -1.04. The Morgan fingerprint density at radius 2 is 1.86 bits per heavy atom. The fraction of sp³-hybridized carbons (Fsp3) is 0.727. The quantitative estimate of drug-likeness (QED) is 0.229. The zero-order valence-corrected chi connectivity index (χ0v) is 13.1. The Labute approximate surface area is 124 Å². The highest BCUT2D eigenvalue weighted by Gasteiger charge is 2.35. The van der Waals surface area contributed by atoms with E-state index in [1.807, 2.05) is 0 Å². The monoisotopic (exact) mass is 327 g/mol. The molecule has 2 N–H and O–H groups in total. The van der Waals surface area contributed by atoms with Gasteiger partial charge in [-0.15, -0.1) is 0 Å². The lowest BCUT2D eigenvalue weighted by atomic mass is 10.1. The minimum atomic E-state index is -4.38. The van der Waals surface area contributed by atoms with Gasteiger partial charge in [-0.2, -0.15) is 8.42 Å². The zero-order chi connectivity index (χ0) is 16.5.